The fourth-order valence-electron chi connectivity index (χ4n) is 2.19. The maximum Gasteiger partial charge on any atom is 0.150 e. The molecule has 0 spiro atoms. The highest BCUT2D eigenvalue weighted by Gasteiger charge is 2.24. The van der Waals surface area contributed by atoms with Gasteiger partial charge in [-0.3, -0.25) is 0 Å². The van der Waals surface area contributed by atoms with Crippen LogP contribution in [-0.2, 0) is 9.84 Å². The van der Waals surface area contributed by atoms with Gasteiger partial charge in [0, 0.05) is 10.9 Å². The van der Waals surface area contributed by atoms with Crippen molar-refractivity contribution in [2.45, 2.75) is 23.8 Å². The van der Waals surface area contributed by atoms with Crippen LogP contribution >= 0.6 is 11.8 Å². The molecule has 102 valence electrons. The molecule has 1 heterocycles. The maximum absolute atomic E-state index is 11.4. The molecule has 4 nitrogen and oxygen atoms in total. The van der Waals surface area contributed by atoms with Crippen LogP contribution in [0.5, 0.6) is 0 Å². The molecule has 1 saturated heterocycles. The average molecular weight is 296 g/mol. The zero-order chi connectivity index (χ0) is 13.9. The van der Waals surface area contributed by atoms with Crippen LogP contribution in [0, 0.1) is 11.3 Å². The molecule has 1 aliphatic rings. The van der Waals surface area contributed by atoms with Crippen molar-refractivity contribution in [2.24, 2.45) is 0 Å². The first-order valence-corrected chi connectivity index (χ1v) is 9.14. The number of hydrogen-bond donors (Lipinski definition) is 1. The molecule has 6 heteroatoms. The van der Waals surface area contributed by atoms with Crippen molar-refractivity contribution in [1.29, 1.82) is 5.26 Å². The molecule has 1 aromatic carbocycles. The third-order valence-corrected chi connectivity index (χ3v) is 5.77. The second-order valence-electron chi connectivity index (χ2n) is 4.57. The second kappa shape index (κ2) is 5.85. The van der Waals surface area contributed by atoms with Crippen molar-refractivity contribution in [2.75, 3.05) is 23.1 Å². The molecule has 0 aliphatic carbocycles. The molecule has 0 unspecified atom stereocenters. The lowest BCUT2D eigenvalue weighted by atomic mass is 10.1. The summed E-state index contributed by atoms with van der Waals surface area (Å²) in [7, 11) is -2.85. The highest BCUT2D eigenvalue weighted by atomic mass is 32.2. The highest BCUT2D eigenvalue weighted by molar-refractivity contribution is 7.98. The number of nitrogens with one attached hydrogen (secondary N) is 1. The van der Waals surface area contributed by atoms with Gasteiger partial charge in [0.2, 0.25) is 0 Å². The van der Waals surface area contributed by atoms with E-state index in [1.807, 2.05) is 24.5 Å². The van der Waals surface area contributed by atoms with E-state index in [0.717, 1.165) is 10.6 Å². The van der Waals surface area contributed by atoms with Crippen molar-refractivity contribution >= 4 is 27.3 Å². The Morgan fingerprint density at radius 3 is 2.63 bits per heavy atom. The number of benzene rings is 1. The predicted molar refractivity (Wildman–Crippen MR) is 78.2 cm³/mol. The number of nitriles is 1. The molecule has 1 aromatic rings. The van der Waals surface area contributed by atoms with Crippen LogP contribution in [0.3, 0.4) is 0 Å². The van der Waals surface area contributed by atoms with Gasteiger partial charge in [-0.25, -0.2) is 8.42 Å². The predicted octanol–water partition coefficient (Wildman–Crippen LogP) is 2.27. The summed E-state index contributed by atoms with van der Waals surface area (Å²) in [6, 6.07) is 8.06. The minimum Gasteiger partial charge on any atom is -0.381 e. The Morgan fingerprint density at radius 1 is 1.37 bits per heavy atom. The van der Waals surface area contributed by atoms with E-state index in [-0.39, 0.29) is 17.5 Å². The Balaban J connectivity index is 2.14. The van der Waals surface area contributed by atoms with E-state index in [1.54, 1.807) is 0 Å². The van der Waals surface area contributed by atoms with E-state index < -0.39 is 9.84 Å². The molecule has 2 rings (SSSR count). The van der Waals surface area contributed by atoms with E-state index in [0.29, 0.717) is 18.4 Å². The highest BCUT2D eigenvalue weighted by Crippen LogP contribution is 2.28. The minimum atomic E-state index is -2.85. The smallest absolute Gasteiger partial charge is 0.150 e. The van der Waals surface area contributed by atoms with E-state index >= 15 is 0 Å². The summed E-state index contributed by atoms with van der Waals surface area (Å²) >= 11 is 1.54. The largest absolute Gasteiger partial charge is 0.381 e. The van der Waals surface area contributed by atoms with Gasteiger partial charge in [0.1, 0.15) is 15.9 Å². The molecular weight excluding hydrogens is 280 g/mol. The lowest BCUT2D eigenvalue weighted by Gasteiger charge is -2.24. The third-order valence-electron chi connectivity index (χ3n) is 3.27. The van der Waals surface area contributed by atoms with Gasteiger partial charge < -0.3 is 5.32 Å². The molecular formula is C13H16N2O2S2. The molecule has 0 aromatic heterocycles. The summed E-state index contributed by atoms with van der Waals surface area (Å²) in [5, 5.41) is 12.6. The molecule has 1 N–H and O–H groups in total. The van der Waals surface area contributed by atoms with E-state index in [4.69, 9.17) is 0 Å². The van der Waals surface area contributed by atoms with Crippen LogP contribution in [0.15, 0.2) is 23.1 Å². The lowest BCUT2D eigenvalue weighted by Crippen LogP contribution is -2.32. The number of sulfone groups is 1. The Labute approximate surface area is 118 Å². The molecule has 0 bridgehead atoms. The van der Waals surface area contributed by atoms with Crippen LogP contribution in [0.4, 0.5) is 5.69 Å². The number of thioether (sulfide) groups is 1. The van der Waals surface area contributed by atoms with Crippen LogP contribution in [0.1, 0.15) is 18.4 Å². The zero-order valence-electron chi connectivity index (χ0n) is 10.7. The maximum atomic E-state index is 11.4. The Bertz CT molecular complexity index is 592. The van der Waals surface area contributed by atoms with Crippen molar-refractivity contribution in [3.05, 3.63) is 23.8 Å². The van der Waals surface area contributed by atoms with Crippen molar-refractivity contribution in [3.63, 3.8) is 0 Å². The number of rotatable bonds is 3. The van der Waals surface area contributed by atoms with Crippen LogP contribution in [0.2, 0.25) is 0 Å². The number of hydrogen-bond acceptors (Lipinski definition) is 5. The first-order valence-electron chi connectivity index (χ1n) is 6.10. The summed E-state index contributed by atoms with van der Waals surface area (Å²) in [5.74, 6) is 0.462. The van der Waals surface area contributed by atoms with E-state index in [1.165, 1.54) is 11.8 Å². The first-order chi connectivity index (χ1) is 9.05. The lowest BCUT2D eigenvalue weighted by molar-refractivity contribution is 0.559. The SMILES string of the molecule is CSc1cccc(NC2CCS(=O)(=O)CC2)c1C#N. The summed E-state index contributed by atoms with van der Waals surface area (Å²) in [6.45, 7) is 0. The second-order valence-corrected chi connectivity index (χ2v) is 7.72. The standard InChI is InChI=1S/C13H16N2O2S2/c1-18-13-4-2-3-12(11(13)9-14)15-10-5-7-19(16,17)8-6-10/h2-4,10,15H,5-8H2,1H3. The van der Waals surface area contributed by atoms with Gasteiger partial charge in [0.05, 0.1) is 22.8 Å². The molecule has 19 heavy (non-hydrogen) atoms. The Morgan fingerprint density at radius 2 is 2.05 bits per heavy atom. The third kappa shape index (κ3) is 3.43. The van der Waals surface area contributed by atoms with Crippen molar-refractivity contribution in [3.8, 4) is 6.07 Å². The summed E-state index contributed by atoms with van der Waals surface area (Å²) in [6.07, 6.45) is 3.15. The van der Waals surface area contributed by atoms with Crippen molar-refractivity contribution in [1.82, 2.24) is 0 Å². The van der Waals surface area contributed by atoms with Gasteiger partial charge in [-0.05, 0) is 31.2 Å². The van der Waals surface area contributed by atoms with Gasteiger partial charge in [-0.2, -0.15) is 5.26 Å². The van der Waals surface area contributed by atoms with Gasteiger partial charge in [0.15, 0.2) is 0 Å². The number of nitrogens with zero attached hydrogens (tertiary/aromatic N) is 1. The zero-order valence-corrected chi connectivity index (χ0v) is 12.4. The fourth-order valence-corrected chi connectivity index (χ4v) is 4.26. The molecule has 0 radical (unpaired) electrons. The quantitative estimate of drug-likeness (QED) is 0.866. The van der Waals surface area contributed by atoms with Crippen LogP contribution in [0.25, 0.3) is 0 Å². The van der Waals surface area contributed by atoms with Gasteiger partial charge in [-0.15, -0.1) is 11.8 Å². The summed E-state index contributed by atoms with van der Waals surface area (Å²) in [4.78, 5) is 0.941. The van der Waals surface area contributed by atoms with Gasteiger partial charge >= 0.3 is 0 Å². The van der Waals surface area contributed by atoms with Gasteiger partial charge in [0.25, 0.3) is 0 Å². The monoisotopic (exact) mass is 296 g/mol. The summed E-state index contributed by atoms with van der Waals surface area (Å²) in [5.41, 5.74) is 1.45. The summed E-state index contributed by atoms with van der Waals surface area (Å²) < 4.78 is 22.8. The first kappa shape index (κ1) is 14.2. The van der Waals surface area contributed by atoms with E-state index in [2.05, 4.69) is 11.4 Å². The van der Waals surface area contributed by atoms with E-state index in [9.17, 15) is 13.7 Å². The van der Waals surface area contributed by atoms with Crippen LogP contribution in [-0.4, -0.2) is 32.2 Å². The Hall–Kier alpha value is -1.19. The average Bonchev–Trinajstić information content (AvgIpc) is 2.40. The van der Waals surface area contributed by atoms with Crippen molar-refractivity contribution < 1.29 is 8.42 Å². The van der Waals surface area contributed by atoms with Gasteiger partial charge in [-0.1, -0.05) is 6.07 Å². The molecule has 1 fully saturated rings. The molecule has 0 atom stereocenters. The topological polar surface area (TPSA) is 70.0 Å². The molecule has 0 saturated carbocycles. The van der Waals surface area contributed by atoms with Crippen LogP contribution < -0.4 is 5.32 Å². The minimum absolute atomic E-state index is 0.132. The normalized spacial score (nSPS) is 18.7. The number of anilines is 1. The fraction of sp³-hybridized carbons (Fsp3) is 0.462. The molecule has 1 aliphatic heterocycles. The Kier molecular flexibility index (Phi) is 4.38. The molecule has 0 amide bonds.